The molecule has 116 valence electrons. The summed E-state index contributed by atoms with van der Waals surface area (Å²) in [5.41, 5.74) is 1.07. The number of aliphatic carboxylic acids is 1. The third-order valence-electron chi connectivity index (χ3n) is 3.06. The maximum Gasteiger partial charge on any atom is 0.317 e. The van der Waals surface area contributed by atoms with Crippen LogP contribution in [-0.2, 0) is 9.59 Å². The fourth-order valence-electron chi connectivity index (χ4n) is 2.21. The molecule has 1 aromatic carbocycles. The van der Waals surface area contributed by atoms with E-state index in [4.69, 9.17) is 5.11 Å². The minimum Gasteiger partial charge on any atom is -0.480 e. The Bertz CT molecular complexity index is 460. The Morgan fingerprint density at radius 2 is 1.81 bits per heavy atom. The average Bonchev–Trinajstić information content (AvgIpc) is 2.37. The smallest absolute Gasteiger partial charge is 0.317 e. The highest BCUT2D eigenvalue weighted by atomic mass is 16.4. The van der Waals surface area contributed by atoms with Crippen molar-refractivity contribution in [2.45, 2.75) is 26.3 Å². The van der Waals surface area contributed by atoms with Crippen LogP contribution in [0.15, 0.2) is 30.3 Å². The Balaban J connectivity index is 2.64. The first-order chi connectivity index (χ1) is 9.88. The summed E-state index contributed by atoms with van der Waals surface area (Å²) in [7, 11) is 1.62. The molecule has 0 spiro atoms. The summed E-state index contributed by atoms with van der Waals surface area (Å²) in [6.07, 6.45) is 0.846. The molecule has 0 fully saturated rings. The maximum absolute atomic E-state index is 12.1. The van der Waals surface area contributed by atoms with Gasteiger partial charge in [0.15, 0.2) is 0 Å². The van der Waals surface area contributed by atoms with E-state index < -0.39 is 5.97 Å². The quantitative estimate of drug-likeness (QED) is 0.768. The van der Waals surface area contributed by atoms with Crippen LogP contribution in [0.1, 0.15) is 31.9 Å². The highest BCUT2D eigenvalue weighted by molar-refractivity contribution is 5.79. The van der Waals surface area contributed by atoms with Crippen LogP contribution >= 0.6 is 0 Å². The molecule has 0 aromatic heterocycles. The number of carbonyl (C=O) groups excluding carboxylic acids is 1. The topological polar surface area (TPSA) is 69.6 Å². The van der Waals surface area contributed by atoms with Crippen LogP contribution in [0, 0.1) is 5.92 Å². The molecule has 1 rings (SSSR count). The van der Waals surface area contributed by atoms with Crippen LogP contribution in [0.2, 0.25) is 0 Å². The molecule has 0 radical (unpaired) electrons. The summed E-state index contributed by atoms with van der Waals surface area (Å²) in [5.74, 6) is -0.646. The van der Waals surface area contributed by atoms with Crippen LogP contribution < -0.4 is 5.32 Å². The Hall–Kier alpha value is -1.88. The van der Waals surface area contributed by atoms with Gasteiger partial charge in [-0.05, 0) is 24.9 Å². The molecule has 0 bridgehead atoms. The van der Waals surface area contributed by atoms with Crippen molar-refractivity contribution in [2.75, 3.05) is 20.1 Å². The number of likely N-dealkylation sites (N-methyl/N-ethyl adjacent to an activating group) is 1. The summed E-state index contributed by atoms with van der Waals surface area (Å²) < 4.78 is 0. The summed E-state index contributed by atoms with van der Waals surface area (Å²) in [6, 6.07) is 9.79. The van der Waals surface area contributed by atoms with E-state index in [0.717, 1.165) is 12.0 Å². The first-order valence-electron chi connectivity index (χ1n) is 7.13. The van der Waals surface area contributed by atoms with Crippen molar-refractivity contribution in [1.82, 2.24) is 10.2 Å². The third-order valence-corrected chi connectivity index (χ3v) is 3.06. The monoisotopic (exact) mass is 292 g/mol. The lowest BCUT2D eigenvalue weighted by molar-refractivity contribution is -0.138. The fraction of sp³-hybridized carbons (Fsp3) is 0.500. The zero-order valence-electron chi connectivity index (χ0n) is 12.9. The van der Waals surface area contributed by atoms with E-state index in [0.29, 0.717) is 5.92 Å². The van der Waals surface area contributed by atoms with E-state index in [2.05, 4.69) is 19.2 Å². The molecule has 21 heavy (non-hydrogen) atoms. The van der Waals surface area contributed by atoms with Crippen molar-refractivity contribution >= 4 is 11.9 Å². The average molecular weight is 292 g/mol. The first kappa shape index (κ1) is 17.2. The van der Waals surface area contributed by atoms with Crippen LogP contribution in [-0.4, -0.2) is 42.0 Å². The first-order valence-corrected chi connectivity index (χ1v) is 7.13. The molecule has 1 unspecified atom stereocenters. The molecule has 1 amide bonds. The molecule has 0 aliphatic heterocycles. The number of amides is 1. The second-order valence-electron chi connectivity index (χ2n) is 5.73. The zero-order chi connectivity index (χ0) is 15.8. The molecule has 0 saturated carbocycles. The number of nitrogens with zero attached hydrogens (tertiary/aromatic N) is 1. The van der Waals surface area contributed by atoms with Gasteiger partial charge in [-0.2, -0.15) is 0 Å². The van der Waals surface area contributed by atoms with E-state index in [-0.39, 0.29) is 25.0 Å². The standard InChI is InChI=1S/C16H24N2O3/c1-12(2)9-14(13-7-5-4-6-8-13)17-15(19)10-18(3)11-16(20)21/h4-8,12,14H,9-11H2,1-3H3,(H,17,19)(H,20,21). The van der Waals surface area contributed by atoms with Crippen LogP contribution in [0.5, 0.6) is 0 Å². The van der Waals surface area contributed by atoms with Crippen molar-refractivity contribution in [3.05, 3.63) is 35.9 Å². The van der Waals surface area contributed by atoms with Crippen LogP contribution in [0.25, 0.3) is 0 Å². The number of hydrogen-bond donors (Lipinski definition) is 2. The number of rotatable bonds is 8. The number of benzene rings is 1. The van der Waals surface area contributed by atoms with Gasteiger partial charge in [0, 0.05) is 0 Å². The van der Waals surface area contributed by atoms with Gasteiger partial charge in [0.05, 0.1) is 19.1 Å². The highest BCUT2D eigenvalue weighted by Gasteiger charge is 2.17. The van der Waals surface area contributed by atoms with Gasteiger partial charge in [0.1, 0.15) is 0 Å². The number of nitrogens with one attached hydrogen (secondary N) is 1. The van der Waals surface area contributed by atoms with Gasteiger partial charge < -0.3 is 10.4 Å². The van der Waals surface area contributed by atoms with Crippen molar-refractivity contribution in [3.8, 4) is 0 Å². The number of carboxylic acid groups (broad SMARTS) is 1. The molecule has 0 aliphatic carbocycles. The molecule has 0 saturated heterocycles. The van der Waals surface area contributed by atoms with Gasteiger partial charge >= 0.3 is 5.97 Å². The molecular weight excluding hydrogens is 268 g/mol. The summed E-state index contributed by atoms with van der Waals surface area (Å²) >= 11 is 0. The Morgan fingerprint density at radius 3 is 2.33 bits per heavy atom. The largest absolute Gasteiger partial charge is 0.480 e. The van der Waals surface area contributed by atoms with Gasteiger partial charge in [-0.15, -0.1) is 0 Å². The van der Waals surface area contributed by atoms with Crippen LogP contribution in [0.3, 0.4) is 0 Å². The molecule has 0 heterocycles. The highest BCUT2D eigenvalue weighted by Crippen LogP contribution is 2.20. The number of carbonyl (C=O) groups is 2. The fourth-order valence-corrected chi connectivity index (χ4v) is 2.21. The second-order valence-corrected chi connectivity index (χ2v) is 5.73. The van der Waals surface area contributed by atoms with Gasteiger partial charge in [0.25, 0.3) is 0 Å². The van der Waals surface area contributed by atoms with Crippen molar-refractivity contribution in [1.29, 1.82) is 0 Å². The minimum absolute atomic E-state index is 0.0445. The van der Waals surface area contributed by atoms with Crippen molar-refractivity contribution in [3.63, 3.8) is 0 Å². The minimum atomic E-state index is -0.938. The normalized spacial score (nSPS) is 12.4. The molecule has 0 aliphatic rings. The van der Waals surface area contributed by atoms with E-state index in [9.17, 15) is 9.59 Å². The lowest BCUT2D eigenvalue weighted by Gasteiger charge is -2.22. The SMILES string of the molecule is CC(C)CC(NC(=O)CN(C)CC(=O)O)c1ccccc1. The Kier molecular flexibility index (Phi) is 6.88. The third kappa shape index (κ3) is 6.90. The van der Waals surface area contributed by atoms with Crippen molar-refractivity contribution < 1.29 is 14.7 Å². The van der Waals surface area contributed by atoms with E-state index in [1.807, 2.05) is 30.3 Å². The molecule has 1 atom stereocenters. The molecule has 5 heteroatoms. The predicted molar refractivity (Wildman–Crippen MR) is 81.9 cm³/mol. The second kappa shape index (κ2) is 8.42. The van der Waals surface area contributed by atoms with E-state index in [1.54, 1.807) is 7.05 Å². The number of hydrogen-bond acceptors (Lipinski definition) is 3. The van der Waals surface area contributed by atoms with Gasteiger partial charge in [-0.3, -0.25) is 14.5 Å². The summed E-state index contributed by atoms with van der Waals surface area (Å²) in [5, 5.41) is 11.7. The van der Waals surface area contributed by atoms with Crippen LogP contribution in [0.4, 0.5) is 0 Å². The Labute approximate surface area is 126 Å². The maximum atomic E-state index is 12.1. The number of carboxylic acids is 1. The van der Waals surface area contributed by atoms with Gasteiger partial charge in [0.2, 0.25) is 5.91 Å². The van der Waals surface area contributed by atoms with E-state index >= 15 is 0 Å². The lowest BCUT2D eigenvalue weighted by atomic mass is 9.97. The molecule has 1 aromatic rings. The Morgan fingerprint density at radius 1 is 1.19 bits per heavy atom. The predicted octanol–water partition coefficient (Wildman–Crippen LogP) is 1.91. The van der Waals surface area contributed by atoms with Gasteiger partial charge in [-0.1, -0.05) is 44.2 Å². The summed E-state index contributed by atoms with van der Waals surface area (Å²) in [4.78, 5) is 24.1. The van der Waals surface area contributed by atoms with Crippen molar-refractivity contribution in [2.24, 2.45) is 5.92 Å². The molecular formula is C16H24N2O3. The molecule has 2 N–H and O–H groups in total. The summed E-state index contributed by atoms with van der Waals surface area (Å²) in [6.45, 7) is 4.15. The lowest BCUT2D eigenvalue weighted by Crippen LogP contribution is -2.39. The zero-order valence-corrected chi connectivity index (χ0v) is 12.9. The molecule has 5 nitrogen and oxygen atoms in total. The van der Waals surface area contributed by atoms with E-state index in [1.165, 1.54) is 4.90 Å². The van der Waals surface area contributed by atoms with Gasteiger partial charge in [-0.25, -0.2) is 0 Å².